The van der Waals surface area contributed by atoms with Gasteiger partial charge < -0.3 is 21.3 Å². The first-order valence-corrected chi connectivity index (χ1v) is 6.85. The summed E-state index contributed by atoms with van der Waals surface area (Å²) >= 11 is 0. The lowest BCUT2D eigenvalue weighted by Crippen LogP contribution is -2.36. The van der Waals surface area contributed by atoms with E-state index >= 15 is 0 Å². The van der Waals surface area contributed by atoms with E-state index in [0.29, 0.717) is 11.9 Å². The molecule has 0 radical (unpaired) electrons. The van der Waals surface area contributed by atoms with Gasteiger partial charge in [-0.1, -0.05) is 0 Å². The predicted octanol–water partition coefficient (Wildman–Crippen LogP) is -0.00950. The molecule has 2 rings (SSSR count). The van der Waals surface area contributed by atoms with Crippen molar-refractivity contribution in [1.29, 1.82) is 0 Å². The molecule has 1 aliphatic heterocycles. The zero-order chi connectivity index (χ0) is 14.5. The molecule has 0 saturated carbocycles. The number of anilines is 3. The second-order valence-electron chi connectivity index (χ2n) is 4.85. The van der Waals surface area contributed by atoms with Gasteiger partial charge in [0.2, 0.25) is 23.8 Å². The molecule has 1 aromatic rings. The number of aromatic nitrogens is 3. The molecule has 0 aliphatic carbocycles. The topological polar surface area (TPSA) is 109 Å². The summed E-state index contributed by atoms with van der Waals surface area (Å²) in [7, 11) is 1.58. The van der Waals surface area contributed by atoms with Gasteiger partial charge in [0.1, 0.15) is 6.04 Å². The highest BCUT2D eigenvalue weighted by Crippen LogP contribution is 2.17. The van der Waals surface area contributed by atoms with Crippen LogP contribution in [0.3, 0.4) is 0 Å². The molecule has 1 unspecified atom stereocenters. The summed E-state index contributed by atoms with van der Waals surface area (Å²) in [5, 5.41) is 5.50. The molecule has 0 spiro atoms. The van der Waals surface area contributed by atoms with E-state index in [0.717, 1.165) is 25.9 Å². The number of amides is 1. The number of carbonyl (C=O) groups is 1. The van der Waals surface area contributed by atoms with E-state index in [1.807, 2.05) is 0 Å². The van der Waals surface area contributed by atoms with Crippen LogP contribution >= 0.6 is 0 Å². The molecule has 8 heteroatoms. The zero-order valence-electron chi connectivity index (χ0n) is 11.9. The normalized spacial score (nSPS) is 16.6. The summed E-state index contributed by atoms with van der Waals surface area (Å²) in [6, 6.07) is -0.434. The molecular formula is C12H21N7O. The van der Waals surface area contributed by atoms with Crippen LogP contribution in [0.5, 0.6) is 0 Å². The molecule has 8 nitrogen and oxygen atoms in total. The third kappa shape index (κ3) is 3.46. The summed E-state index contributed by atoms with van der Waals surface area (Å²) in [6.45, 7) is 3.58. The Labute approximate surface area is 118 Å². The maximum Gasteiger partial charge on any atom is 0.242 e. The first kappa shape index (κ1) is 14.3. The summed E-state index contributed by atoms with van der Waals surface area (Å²) in [6.07, 6.45) is 3.49. The molecule has 0 bridgehead atoms. The van der Waals surface area contributed by atoms with Crippen LogP contribution in [0.15, 0.2) is 0 Å². The fraction of sp³-hybridized carbons (Fsp3) is 0.667. The van der Waals surface area contributed by atoms with Crippen LogP contribution in [0.25, 0.3) is 0 Å². The van der Waals surface area contributed by atoms with Crippen molar-refractivity contribution in [2.75, 3.05) is 36.1 Å². The second-order valence-corrected chi connectivity index (χ2v) is 4.85. The van der Waals surface area contributed by atoms with Crippen molar-refractivity contribution in [1.82, 2.24) is 20.3 Å². The van der Waals surface area contributed by atoms with Crippen LogP contribution in [-0.4, -0.2) is 47.0 Å². The van der Waals surface area contributed by atoms with Gasteiger partial charge in [0.25, 0.3) is 0 Å². The molecule has 1 fully saturated rings. The SMILES string of the molecule is CNC(=O)C(C)Nc1nc(N)nc(N2CCCCC2)n1. The monoisotopic (exact) mass is 279 g/mol. The van der Waals surface area contributed by atoms with E-state index in [9.17, 15) is 4.79 Å². The van der Waals surface area contributed by atoms with Crippen LogP contribution in [0.1, 0.15) is 26.2 Å². The van der Waals surface area contributed by atoms with Crippen LogP contribution in [-0.2, 0) is 4.79 Å². The number of nitrogen functional groups attached to an aromatic ring is 1. The van der Waals surface area contributed by atoms with Crippen molar-refractivity contribution in [3.05, 3.63) is 0 Å². The molecule has 2 heterocycles. The number of hydrogen-bond donors (Lipinski definition) is 3. The van der Waals surface area contributed by atoms with Crippen molar-refractivity contribution in [3.8, 4) is 0 Å². The molecule has 1 saturated heterocycles. The standard InChI is InChI=1S/C12H21N7O/c1-8(9(20)14-2)15-11-16-10(13)17-12(18-11)19-6-4-3-5-7-19/h8H,3-7H2,1-2H3,(H,14,20)(H3,13,15,16,17,18). The molecule has 1 aromatic heterocycles. The minimum absolute atomic E-state index is 0.136. The summed E-state index contributed by atoms with van der Waals surface area (Å²) in [4.78, 5) is 26.1. The van der Waals surface area contributed by atoms with Gasteiger partial charge in [0.05, 0.1) is 0 Å². The quantitative estimate of drug-likeness (QED) is 0.711. The Morgan fingerprint density at radius 2 is 1.95 bits per heavy atom. The summed E-state index contributed by atoms with van der Waals surface area (Å²) < 4.78 is 0. The highest BCUT2D eigenvalue weighted by molar-refractivity contribution is 5.83. The van der Waals surface area contributed by atoms with Gasteiger partial charge in [-0.15, -0.1) is 0 Å². The van der Waals surface area contributed by atoms with Gasteiger partial charge in [0, 0.05) is 20.1 Å². The largest absolute Gasteiger partial charge is 0.368 e. The Morgan fingerprint density at radius 3 is 2.60 bits per heavy atom. The smallest absolute Gasteiger partial charge is 0.242 e. The average Bonchev–Trinajstić information content (AvgIpc) is 2.46. The van der Waals surface area contributed by atoms with Crippen LogP contribution in [0.4, 0.5) is 17.8 Å². The predicted molar refractivity (Wildman–Crippen MR) is 77.5 cm³/mol. The molecular weight excluding hydrogens is 258 g/mol. The molecule has 0 aromatic carbocycles. The van der Waals surface area contributed by atoms with E-state index in [1.54, 1.807) is 14.0 Å². The van der Waals surface area contributed by atoms with E-state index in [-0.39, 0.29) is 11.9 Å². The first-order chi connectivity index (χ1) is 9.60. The first-order valence-electron chi connectivity index (χ1n) is 6.85. The fourth-order valence-corrected chi connectivity index (χ4v) is 2.16. The van der Waals surface area contributed by atoms with Gasteiger partial charge in [-0.25, -0.2) is 0 Å². The van der Waals surface area contributed by atoms with E-state index in [1.165, 1.54) is 6.42 Å². The second kappa shape index (κ2) is 6.36. The number of piperidine rings is 1. The van der Waals surface area contributed by atoms with Crippen LogP contribution in [0, 0.1) is 0 Å². The van der Waals surface area contributed by atoms with Gasteiger partial charge in [-0.2, -0.15) is 15.0 Å². The Morgan fingerprint density at radius 1 is 1.25 bits per heavy atom. The highest BCUT2D eigenvalue weighted by atomic mass is 16.2. The number of rotatable bonds is 4. The molecule has 1 aliphatic rings. The maximum atomic E-state index is 11.5. The third-order valence-corrected chi connectivity index (χ3v) is 3.27. The van der Waals surface area contributed by atoms with Crippen molar-refractivity contribution >= 4 is 23.8 Å². The number of nitrogens with one attached hydrogen (secondary N) is 2. The molecule has 20 heavy (non-hydrogen) atoms. The molecule has 1 atom stereocenters. The third-order valence-electron chi connectivity index (χ3n) is 3.27. The van der Waals surface area contributed by atoms with Crippen LogP contribution in [0.2, 0.25) is 0 Å². The number of carbonyl (C=O) groups excluding carboxylic acids is 1. The Bertz CT molecular complexity index is 473. The van der Waals surface area contributed by atoms with Crippen molar-refractivity contribution in [2.45, 2.75) is 32.2 Å². The van der Waals surface area contributed by atoms with Crippen molar-refractivity contribution in [2.24, 2.45) is 0 Å². The average molecular weight is 279 g/mol. The lowest BCUT2D eigenvalue weighted by Gasteiger charge is -2.26. The van der Waals surface area contributed by atoms with E-state index < -0.39 is 6.04 Å². The number of hydrogen-bond acceptors (Lipinski definition) is 7. The summed E-state index contributed by atoms with van der Waals surface area (Å²) in [5.41, 5.74) is 5.72. The van der Waals surface area contributed by atoms with Gasteiger partial charge in [0.15, 0.2) is 0 Å². The maximum absolute atomic E-state index is 11.5. The highest BCUT2D eigenvalue weighted by Gasteiger charge is 2.17. The number of nitrogens with two attached hydrogens (primary N) is 1. The fourth-order valence-electron chi connectivity index (χ4n) is 2.16. The van der Waals surface area contributed by atoms with Gasteiger partial charge in [-0.05, 0) is 26.2 Å². The Balaban J connectivity index is 2.13. The summed E-state index contributed by atoms with van der Waals surface area (Å²) in [5.74, 6) is 0.925. The zero-order valence-corrected chi connectivity index (χ0v) is 11.9. The van der Waals surface area contributed by atoms with Crippen molar-refractivity contribution < 1.29 is 4.79 Å². The Hall–Kier alpha value is -2.12. The van der Waals surface area contributed by atoms with Crippen molar-refractivity contribution in [3.63, 3.8) is 0 Å². The van der Waals surface area contributed by atoms with E-state index in [2.05, 4.69) is 30.5 Å². The minimum Gasteiger partial charge on any atom is -0.368 e. The van der Waals surface area contributed by atoms with Gasteiger partial charge in [-0.3, -0.25) is 4.79 Å². The lowest BCUT2D eigenvalue weighted by molar-refractivity contribution is -0.121. The minimum atomic E-state index is -0.434. The lowest BCUT2D eigenvalue weighted by atomic mass is 10.1. The Kier molecular flexibility index (Phi) is 4.54. The number of nitrogens with zero attached hydrogens (tertiary/aromatic N) is 4. The number of likely N-dealkylation sites (N-methyl/N-ethyl adjacent to an activating group) is 1. The van der Waals surface area contributed by atoms with E-state index in [4.69, 9.17) is 5.73 Å². The molecule has 4 N–H and O–H groups in total. The van der Waals surface area contributed by atoms with Crippen LogP contribution < -0.4 is 21.3 Å². The molecule has 1 amide bonds. The molecule has 110 valence electrons. The van der Waals surface area contributed by atoms with Gasteiger partial charge >= 0.3 is 0 Å².